The lowest BCUT2D eigenvalue weighted by Crippen LogP contribution is -2.62. The van der Waals surface area contributed by atoms with Gasteiger partial charge in [0.1, 0.15) is 0 Å². The molecular formula is C32H48O6. The molecule has 0 heterocycles. The molecule has 0 saturated heterocycles. The number of aliphatic hydroxyl groups excluding tert-OH is 3. The number of ether oxygens (including phenoxy) is 2. The van der Waals surface area contributed by atoms with Crippen LogP contribution < -0.4 is 0 Å². The van der Waals surface area contributed by atoms with E-state index in [1.165, 1.54) is 0 Å². The van der Waals surface area contributed by atoms with Crippen molar-refractivity contribution in [1.82, 2.24) is 0 Å². The first-order valence-corrected chi connectivity index (χ1v) is 14.9. The molecule has 1 unspecified atom stereocenters. The molecule has 1 aromatic rings. The predicted octanol–water partition coefficient (Wildman–Crippen LogP) is 5.25. The number of rotatable bonds is 7. The lowest BCUT2D eigenvalue weighted by atomic mass is 9.43. The third-order valence-corrected chi connectivity index (χ3v) is 11.8. The molecule has 38 heavy (non-hydrogen) atoms. The Balaban J connectivity index is 1.25. The van der Waals surface area contributed by atoms with Gasteiger partial charge in [0.25, 0.3) is 0 Å². The molecule has 212 valence electrons. The highest BCUT2D eigenvalue weighted by Gasteiger charge is 2.65. The average molecular weight is 529 g/mol. The minimum atomic E-state index is -0.705. The molecular weight excluding hydrogens is 480 g/mol. The highest BCUT2D eigenvalue weighted by atomic mass is 16.7. The monoisotopic (exact) mass is 528 g/mol. The molecule has 5 rings (SSSR count). The first-order valence-electron chi connectivity index (χ1n) is 14.9. The number of aliphatic hydroxyl groups is 3. The summed E-state index contributed by atoms with van der Waals surface area (Å²) in [5, 5.41) is 33.5. The van der Waals surface area contributed by atoms with Crippen molar-refractivity contribution in [2.45, 2.75) is 103 Å². The van der Waals surface area contributed by atoms with E-state index < -0.39 is 12.4 Å². The van der Waals surface area contributed by atoms with Crippen molar-refractivity contribution in [3.05, 3.63) is 35.9 Å². The Morgan fingerprint density at radius 1 is 1.03 bits per heavy atom. The molecule has 0 amide bonds. The van der Waals surface area contributed by atoms with E-state index in [0.29, 0.717) is 30.6 Å². The largest absolute Gasteiger partial charge is 0.431 e. The molecule has 12 atom stereocenters. The van der Waals surface area contributed by atoms with Crippen LogP contribution in [0.1, 0.15) is 90.4 Å². The Hall–Kier alpha value is -1.47. The summed E-state index contributed by atoms with van der Waals surface area (Å²) in [6.07, 6.45) is 5.41. The number of hydrogen-bond acceptors (Lipinski definition) is 6. The van der Waals surface area contributed by atoms with Gasteiger partial charge in [-0.1, -0.05) is 51.1 Å². The number of fused-ring (bicyclic) bond motifs is 5. The maximum atomic E-state index is 12.8. The smallest absolute Gasteiger partial charge is 0.308 e. The minimum Gasteiger partial charge on any atom is -0.431 e. The standard InChI is InChI=1S/C32H48O6/c1-19(10-13-28(36)38-30(37-4)20-8-6-5-7-9-20)23-11-12-24-29-25(18-27(35)32(23,24)3)31(2)15-14-22(33)16-21(31)17-26(29)34/h5-9,19,21-27,29-30,33-35H,10-18H2,1-4H3/t19-,21+,22-,23-,24+,25+,26-,27+,29+,30?,31+,32-/m1/s1. The minimum absolute atomic E-state index is 0.0789. The molecule has 0 bridgehead atoms. The van der Waals surface area contributed by atoms with E-state index in [9.17, 15) is 20.1 Å². The molecule has 0 radical (unpaired) electrons. The van der Waals surface area contributed by atoms with Gasteiger partial charge in [-0.15, -0.1) is 0 Å². The van der Waals surface area contributed by atoms with E-state index in [-0.39, 0.29) is 46.8 Å². The summed E-state index contributed by atoms with van der Waals surface area (Å²) in [6, 6.07) is 9.49. The van der Waals surface area contributed by atoms with E-state index in [4.69, 9.17) is 9.47 Å². The van der Waals surface area contributed by atoms with Gasteiger partial charge in [0.2, 0.25) is 6.29 Å². The first-order chi connectivity index (χ1) is 18.1. The zero-order chi connectivity index (χ0) is 27.2. The van der Waals surface area contributed by atoms with E-state index in [2.05, 4.69) is 20.8 Å². The fourth-order valence-electron chi connectivity index (χ4n) is 9.72. The van der Waals surface area contributed by atoms with Gasteiger partial charge in [-0.2, -0.15) is 0 Å². The normalized spacial score (nSPS) is 43.9. The fraction of sp³-hybridized carbons (Fsp3) is 0.781. The van der Waals surface area contributed by atoms with Crippen molar-refractivity contribution in [1.29, 1.82) is 0 Å². The second-order valence-electron chi connectivity index (χ2n) is 13.5. The van der Waals surface area contributed by atoms with Crippen molar-refractivity contribution in [2.75, 3.05) is 7.11 Å². The summed E-state index contributed by atoms with van der Waals surface area (Å²) in [5.41, 5.74) is 0.634. The van der Waals surface area contributed by atoms with Gasteiger partial charge in [-0.3, -0.25) is 4.79 Å². The Morgan fingerprint density at radius 2 is 1.76 bits per heavy atom. The highest BCUT2D eigenvalue weighted by molar-refractivity contribution is 5.69. The van der Waals surface area contributed by atoms with Gasteiger partial charge in [0.15, 0.2) is 0 Å². The van der Waals surface area contributed by atoms with E-state index in [1.807, 2.05) is 30.3 Å². The van der Waals surface area contributed by atoms with E-state index in [1.54, 1.807) is 7.11 Å². The average Bonchev–Trinajstić information content (AvgIpc) is 3.26. The first kappa shape index (κ1) is 28.1. The topological polar surface area (TPSA) is 96.2 Å². The Bertz CT molecular complexity index is 968. The third-order valence-electron chi connectivity index (χ3n) is 11.8. The predicted molar refractivity (Wildman–Crippen MR) is 145 cm³/mol. The molecule has 4 aliphatic rings. The summed E-state index contributed by atoms with van der Waals surface area (Å²) in [4.78, 5) is 12.8. The molecule has 1 aromatic carbocycles. The number of hydrogen-bond donors (Lipinski definition) is 3. The van der Waals surface area contributed by atoms with Crippen LogP contribution in [0.5, 0.6) is 0 Å². The van der Waals surface area contributed by atoms with E-state index >= 15 is 0 Å². The molecule has 6 heteroatoms. The Kier molecular flexibility index (Phi) is 8.00. The zero-order valence-electron chi connectivity index (χ0n) is 23.6. The molecule has 0 spiro atoms. The van der Waals surface area contributed by atoms with Gasteiger partial charge in [-0.25, -0.2) is 0 Å². The lowest BCUT2D eigenvalue weighted by Gasteiger charge is -2.63. The van der Waals surface area contributed by atoms with Crippen molar-refractivity contribution in [3.63, 3.8) is 0 Å². The maximum absolute atomic E-state index is 12.8. The van der Waals surface area contributed by atoms with Crippen molar-refractivity contribution < 1.29 is 29.6 Å². The van der Waals surface area contributed by atoms with Gasteiger partial charge in [0.05, 0.1) is 18.3 Å². The number of esters is 1. The van der Waals surface area contributed by atoms with Gasteiger partial charge < -0.3 is 24.8 Å². The van der Waals surface area contributed by atoms with Gasteiger partial charge in [0, 0.05) is 19.1 Å². The van der Waals surface area contributed by atoms with Crippen LogP contribution in [0.4, 0.5) is 0 Å². The van der Waals surface area contributed by atoms with Crippen LogP contribution in [0.3, 0.4) is 0 Å². The van der Waals surface area contributed by atoms with Gasteiger partial charge in [-0.05, 0) is 97.7 Å². The number of carbonyl (C=O) groups excluding carboxylic acids is 1. The van der Waals surface area contributed by atoms with Crippen molar-refractivity contribution in [3.8, 4) is 0 Å². The lowest BCUT2D eigenvalue weighted by molar-refractivity contribution is -0.207. The quantitative estimate of drug-likeness (QED) is 0.330. The Labute approximate surface area is 228 Å². The molecule has 6 nitrogen and oxygen atoms in total. The molecule has 0 aromatic heterocycles. The molecule has 4 saturated carbocycles. The summed E-state index contributed by atoms with van der Waals surface area (Å²) < 4.78 is 11.1. The van der Waals surface area contributed by atoms with Gasteiger partial charge >= 0.3 is 5.97 Å². The number of carbonyl (C=O) groups is 1. The summed E-state index contributed by atoms with van der Waals surface area (Å²) in [6.45, 7) is 6.84. The van der Waals surface area contributed by atoms with E-state index in [0.717, 1.165) is 50.5 Å². The van der Waals surface area contributed by atoms with Crippen molar-refractivity contribution >= 4 is 5.97 Å². The second kappa shape index (κ2) is 10.8. The van der Waals surface area contributed by atoms with Crippen LogP contribution in [-0.2, 0) is 14.3 Å². The summed E-state index contributed by atoms with van der Waals surface area (Å²) >= 11 is 0. The maximum Gasteiger partial charge on any atom is 0.308 e. The Morgan fingerprint density at radius 3 is 2.47 bits per heavy atom. The van der Waals surface area contributed by atoms with Crippen LogP contribution in [-0.4, -0.2) is 46.7 Å². The summed E-state index contributed by atoms with van der Waals surface area (Å²) in [7, 11) is 1.54. The third kappa shape index (κ3) is 4.74. The summed E-state index contributed by atoms with van der Waals surface area (Å²) in [5.74, 6) is 1.40. The molecule has 0 aliphatic heterocycles. The van der Waals surface area contributed by atoms with Crippen molar-refractivity contribution in [2.24, 2.45) is 46.3 Å². The molecule has 3 N–H and O–H groups in total. The van der Waals surface area contributed by atoms with Crippen LogP contribution in [0, 0.1) is 46.3 Å². The number of methoxy groups -OCH3 is 1. The zero-order valence-corrected chi connectivity index (χ0v) is 23.6. The highest BCUT2D eigenvalue weighted by Crippen LogP contribution is 2.68. The van der Waals surface area contributed by atoms with Crippen LogP contribution in [0.2, 0.25) is 0 Å². The SMILES string of the molecule is COC(OC(=O)CC[C@@H](C)[C@H]1CC[C@H]2[C@@H]3[C@H](O)C[C@@H]4C[C@H](O)CC[C@]4(C)[C@H]3C[C@H](O)[C@]12C)c1ccccc1. The van der Waals surface area contributed by atoms with Crippen LogP contribution in [0.25, 0.3) is 0 Å². The van der Waals surface area contributed by atoms with Crippen LogP contribution in [0.15, 0.2) is 30.3 Å². The molecule has 4 fully saturated rings. The second-order valence-corrected chi connectivity index (χ2v) is 13.5. The number of benzene rings is 1. The van der Waals surface area contributed by atoms with Crippen LogP contribution >= 0.6 is 0 Å². The molecule has 4 aliphatic carbocycles. The fourth-order valence-corrected chi connectivity index (χ4v) is 9.72.